The number of azo groups is 1. The third-order valence-corrected chi connectivity index (χ3v) is 2.80. The van der Waals surface area contributed by atoms with Gasteiger partial charge in [-0.3, -0.25) is 10.2 Å². The first-order valence-electron chi connectivity index (χ1n) is 6.21. The number of aliphatic hydroxyl groups excluding tert-OH is 1. The van der Waals surface area contributed by atoms with E-state index in [1.807, 2.05) is 6.92 Å². The number of hydrogen-bond acceptors (Lipinski definition) is 7. The van der Waals surface area contributed by atoms with Crippen LogP contribution in [-0.2, 0) is 18.1 Å². The zero-order valence-corrected chi connectivity index (χ0v) is 11.4. The van der Waals surface area contributed by atoms with Crippen molar-refractivity contribution in [1.29, 1.82) is 0 Å². The maximum atomic E-state index is 9.56. The fraction of sp³-hybridized carbons (Fsp3) is 0.214. The maximum Gasteiger partial charge on any atom is 0.121 e. The number of aromatic hydroxyl groups is 1. The molecule has 7 nitrogen and oxygen atoms in total. The van der Waals surface area contributed by atoms with Crippen LogP contribution in [0.3, 0.4) is 0 Å². The van der Waals surface area contributed by atoms with Gasteiger partial charge < -0.3 is 10.2 Å². The summed E-state index contributed by atoms with van der Waals surface area (Å²) >= 11 is 0. The van der Waals surface area contributed by atoms with Gasteiger partial charge >= 0.3 is 0 Å². The van der Waals surface area contributed by atoms with Gasteiger partial charge in [-0.15, -0.1) is 5.11 Å². The molecule has 2 rings (SSSR count). The van der Waals surface area contributed by atoms with Gasteiger partial charge in [0.25, 0.3) is 0 Å². The molecule has 0 unspecified atom stereocenters. The predicted octanol–water partition coefficient (Wildman–Crippen LogP) is 2.99. The highest BCUT2D eigenvalue weighted by Crippen LogP contribution is 2.26. The van der Waals surface area contributed by atoms with Gasteiger partial charge in [0.05, 0.1) is 18.0 Å². The van der Waals surface area contributed by atoms with Crippen molar-refractivity contribution in [3.8, 4) is 5.75 Å². The van der Waals surface area contributed by atoms with Gasteiger partial charge in [0.15, 0.2) is 0 Å². The van der Waals surface area contributed by atoms with E-state index in [2.05, 4.69) is 20.1 Å². The van der Waals surface area contributed by atoms with Gasteiger partial charge in [-0.25, -0.2) is 4.89 Å². The molecular weight excluding hydrogens is 274 g/mol. The standard InChI is InChI=1S/C14H15N3O4/c1-9-2-4-12(13(7-18)15-9)17-16-11-3-5-14(19)10(6-11)8-21-20/h2-6,18-20H,7-8H2,1H3. The molecule has 0 atom stereocenters. The molecule has 0 radical (unpaired) electrons. The monoisotopic (exact) mass is 289 g/mol. The molecule has 1 aromatic carbocycles. The minimum atomic E-state index is -0.227. The van der Waals surface area contributed by atoms with Crippen LogP contribution in [0.4, 0.5) is 11.4 Å². The summed E-state index contributed by atoms with van der Waals surface area (Å²) in [6.45, 7) is 1.44. The Balaban J connectivity index is 2.27. The minimum absolute atomic E-state index is 0.00366. The molecule has 0 bridgehead atoms. The van der Waals surface area contributed by atoms with Crippen LogP contribution in [0.2, 0.25) is 0 Å². The molecule has 0 fully saturated rings. The highest BCUT2D eigenvalue weighted by molar-refractivity contribution is 5.48. The molecule has 1 heterocycles. The van der Waals surface area contributed by atoms with Crippen LogP contribution < -0.4 is 0 Å². The van der Waals surface area contributed by atoms with Crippen molar-refractivity contribution in [3.05, 3.63) is 47.3 Å². The Labute approximate surface area is 121 Å². The van der Waals surface area contributed by atoms with E-state index in [9.17, 15) is 10.2 Å². The molecule has 7 heteroatoms. The fourth-order valence-corrected chi connectivity index (χ4v) is 1.74. The third-order valence-electron chi connectivity index (χ3n) is 2.80. The lowest BCUT2D eigenvalue weighted by Gasteiger charge is -2.04. The number of phenolic OH excluding ortho intramolecular Hbond substituents is 1. The largest absolute Gasteiger partial charge is 0.508 e. The molecular formula is C14H15N3O4. The number of aromatic nitrogens is 1. The fourth-order valence-electron chi connectivity index (χ4n) is 1.74. The minimum Gasteiger partial charge on any atom is -0.508 e. The number of pyridine rings is 1. The quantitative estimate of drug-likeness (QED) is 0.445. The molecule has 0 aliphatic rings. The summed E-state index contributed by atoms with van der Waals surface area (Å²) in [6.07, 6.45) is 0. The molecule has 21 heavy (non-hydrogen) atoms. The van der Waals surface area contributed by atoms with E-state index in [0.29, 0.717) is 22.6 Å². The van der Waals surface area contributed by atoms with Gasteiger partial charge in [-0.05, 0) is 37.3 Å². The number of phenols is 1. The molecule has 3 N–H and O–H groups in total. The van der Waals surface area contributed by atoms with E-state index in [1.54, 1.807) is 18.2 Å². The van der Waals surface area contributed by atoms with Gasteiger partial charge in [0.1, 0.15) is 18.0 Å². The zero-order valence-electron chi connectivity index (χ0n) is 11.4. The third kappa shape index (κ3) is 3.82. The van der Waals surface area contributed by atoms with Gasteiger partial charge in [0.2, 0.25) is 0 Å². The molecule has 1 aromatic heterocycles. The number of aliphatic hydroxyl groups is 1. The SMILES string of the molecule is Cc1ccc(N=Nc2ccc(O)c(COO)c2)c(CO)n1. The van der Waals surface area contributed by atoms with Crippen LogP contribution in [0.25, 0.3) is 0 Å². The number of aryl methyl sites for hydroxylation is 1. The second kappa shape index (κ2) is 6.89. The molecule has 0 saturated heterocycles. The van der Waals surface area contributed by atoms with E-state index >= 15 is 0 Å². The van der Waals surface area contributed by atoms with E-state index in [0.717, 1.165) is 5.69 Å². The van der Waals surface area contributed by atoms with E-state index in [4.69, 9.17) is 5.26 Å². The predicted molar refractivity (Wildman–Crippen MR) is 74.6 cm³/mol. The summed E-state index contributed by atoms with van der Waals surface area (Å²) in [7, 11) is 0. The first-order valence-corrected chi connectivity index (χ1v) is 6.21. The first kappa shape index (κ1) is 15.0. The van der Waals surface area contributed by atoms with Crippen LogP contribution >= 0.6 is 0 Å². The van der Waals surface area contributed by atoms with Gasteiger partial charge in [-0.2, -0.15) is 5.11 Å². The van der Waals surface area contributed by atoms with Gasteiger partial charge in [-0.1, -0.05) is 0 Å². The highest BCUT2D eigenvalue weighted by Gasteiger charge is 2.05. The lowest BCUT2D eigenvalue weighted by Crippen LogP contribution is -1.91. The number of rotatable bonds is 5. The van der Waals surface area contributed by atoms with Crippen molar-refractivity contribution in [3.63, 3.8) is 0 Å². The smallest absolute Gasteiger partial charge is 0.121 e. The summed E-state index contributed by atoms with van der Waals surface area (Å²) in [6, 6.07) is 8.03. The average molecular weight is 289 g/mol. The number of benzene rings is 1. The molecule has 0 spiro atoms. The van der Waals surface area contributed by atoms with Crippen LogP contribution in [0, 0.1) is 6.92 Å². The second-order valence-corrected chi connectivity index (χ2v) is 4.36. The number of hydrogen-bond donors (Lipinski definition) is 3. The zero-order chi connectivity index (χ0) is 15.2. The molecule has 110 valence electrons. The summed E-state index contributed by atoms with van der Waals surface area (Å²) < 4.78 is 0. The molecule has 0 aliphatic heterocycles. The molecule has 0 saturated carbocycles. The molecule has 0 aliphatic carbocycles. The van der Waals surface area contributed by atoms with Gasteiger partial charge in [0, 0.05) is 11.3 Å². The van der Waals surface area contributed by atoms with Crippen LogP contribution in [0.5, 0.6) is 5.75 Å². The van der Waals surface area contributed by atoms with Crippen molar-refractivity contribution in [2.75, 3.05) is 0 Å². The van der Waals surface area contributed by atoms with Crippen molar-refractivity contribution in [2.24, 2.45) is 10.2 Å². The van der Waals surface area contributed by atoms with Crippen molar-refractivity contribution in [1.82, 2.24) is 4.98 Å². The Morgan fingerprint density at radius 3 is 2.71 bits per heavy atom. The molecule has 2 aromatic rings. The summed E-state index contributed by atoms with van der Waals surface area (Å²) in [5.74, 6) is -0.00366. The average Bonchev–Trinajstić information content (AvgIpc) is 2.49. The second-order valence-electron chi connectivity index (χ2n) is 4.36. The maximum absolute atomic E-state index is 9.56. The number of nitrogens with zero attached hydrogens (tertiary/aromatic N) is 3. The Morgan fingerprint density at radius 1 is 1.19 bits per heavy atom. The summed E-state index contributed by atoms with van der Waals surface area (Å²) in [5.41, 5.74) is 2.56. The lowest BCUT2D eigenvalue weighted by molar-refractivity contribution is -0.253. The highest BCUT2D eigenvalue weighted by atomic mass is 17.1. The van der Waals surface area contributed by atoms with E-state index < -0.39 is 0 Å². The summed E-state index contributed by atoms with van der Waals surface area (Å²) in [4.78, 5) is 8.17. The van der Waals surface area contributed by atoms with Crippen molar-refractivity contribution in [2.45, 2.75) is 20.1 Å². The Kier molecular flexibility index (Phi) is 4.94. The lowest BCUT2D eigenvalue weighted by atomic mass is 10.2. The molecule has 0 amide bonds. The van der Waals surface area contributed by atoms with E-state index in [1.165, 1.54) is 12.1 Å². The van der Waals surface area contributed by atoms with Crippen LogP contribution in [-0.4, -0.2) is 20.5 Å². The van der Waals surface area contributed by atoms with Crippen molar-refractivity contribution >= 4 is 11.4 Å². The Morgan fingerprint density at radius 2 is 2.00 bits per heavy atom. The Bertz CT molecular complexity index is 659. The Hall–Kier alpha value is -2.35. The first-order chi connectivity index (χ1) is 10.1. The van der Waals surface area contributed by atoms with Crippen LogP contribution in [0.15, 0.2) is 40.6 Å². The van der Waals surface area contributed by atoms with Crippen LogP contribution in [0.1, 0.15) is 17.0 Å². The van der Waals surface area contributed by atoms with Crippen molar-refractivity contribution < 1.29 is 20.4 Å². The normalized spacial score (nSPS) is 11.2. The van der Waals surface area contributed by atoms with E-state index in [-0.39, 0.29) is 19.0 Å². The summed E-state index contributed by atoms with van der Waals surface area (Å²) in [5, 5.41) is 35.3. The topological polar surface area (TPSA) is 108 Å².